The van der Waals surface area contributed by atoms with Gasteiger partial charge in [-0.2, -0.15) is 0 Å². The van der Waals surface area contributed by atoms with Gasteiger partial charge in [-0.05, 0) is 31.8 Å². The highest BCUT2D eigenvalue weighted by Crippen LogP contribution is 2.25. The number of hydrogen-bond donors (Lipinski definition) is 0. The SMILES string of the molecule is CN(C)Cc1ccccc1-c1ccc(C=O)o1. The Morgan fingerprint density at radius 1 is 1.18 bits per heavy atom. The molecule has 2 rings (SSSR count). The van der Waals surface area contributed by atoms with E-state index in [0.29, 0.717) is 5.76 Å². The molecule has 0 N–H and O–H groups in total. The smallest absolute Gasteiger partial charge is 0.185 e. The van der Waals surface area contributed by atoms with Crippen LogP contribution in [0.2, 0.25) is 0 Å². The average molecular weight is 229 g/mol. The van der Waals surface area contributed by atoms with Gasteiger partial charge in [0.15, 0.2) is 12.0 Å². The minimum Gasteiger partial charge on any atom is -0.453 e. The van der Waals surface area contributed by atoms with Crippen LogP contribution in [0.5, 0.6) is 0 Å². The van der Waals surface area contributed by atoms with Crippen LogP contribution in [0.25, 0.3) is 11.3 Å². The van der Waals surface area contributed by atoms with Crippen molar-refractivity contribution in [3.8, 4) is 11.3 Å². The van der Waals surface area contributed by atoms with Crippen molar-refractivity contribution in [2.75, 3.05) is 14.1 Å². The largest absolute Gasteiger partial charge is 0.453 e. The van der Waals surface area contributed by atoms with Crippen LogP contribution in [-0.4, -0.2) is 25.3 Å². The Morgan fingerprint density at radius 3 is 2.59 bits per heavy atom. The van der Waals surface area contributed by atoms with Gasteiger partial charge in [0.1, 0.15) is 5.76 Å². The molecule has 2 aromatic rings. The number of benzene rings is 1. The van der Waals surface area contributed by atoms with Crippen LogP contribution in [-0.2, 0) is 6.54 Å². The highest BCUT2D eigenvalue weighted by Gasteiger charge is 2.09. The third kappa shape index (κ3) is 2.63. The molecular weight excluding hydrogens is 214 g/mol. The van der Waals surface area contributed by atoms with Crippen molar-refractivity contribution >= 4 is 6.29 Å². The number of carbonyl (C=O) groups excluding carboxylic acids is 1. The number of hydrogen-bond acceptors (Lipinski definition) is 3. The predicted octanol–water partition coefficient (Wildman–Crippen LogP) is 2.82. The van der Waals surface area contributed by atoms with Gasteiger partial charge in [0.2, 0.25) is 0 Å². The van der Waals surface area contributed by atoms with Crippen LogP contribution in [0.4, 0.5) is 0 Å². The lowest BCUT2D eigenvalue weighted by atomic mass is 10.1. The highest BCUT2D eigenvalue weighted by molar-refractivity contribution is 5.73. The zero-order valence-electron chi connectivity index (χ0n) is 10.0. The second-order valence-electron chi connectivity index (χ2n) is 4.21. The first-order valence-electron chi connectivity index (χ1n) is 5.48. The molecule has 0 saturated heterocycles. The maximum atomic E-state index is 10.6. The molecular formula is C14H15NO2. The second-order valence-corrected chi connectivity index (χ2v) is 4.21. The number of aldehydes is 1. The van der Waals surface area contributed by atoms with E-state index in [2.05, 4.69) is 11.0 Å². The molecule has 3 nitrogen and oxygen atoms in total. The lowest BCUT2D eigenvalue weighted by molar-refractivity contribution is 0.110. The number of carbonyl (C=O) groups is 1. The Hall–Kier alpha value is -1.87. The van der Waals surface area contributed by atoms with E-state index in [1.165, 1.54) is 5.56 Å². The molecule has 88 valence electrons. The van der Waals surface area contributed by atoms with Gasteiger partial charge in [-0.15, -0.1) is 0 Å². The molecule has 1 aromatic carbocycles. The van der Waals surface area contributed by atoms with Gasteiger partial charge in [0.25, 0.3) is 0 Å². The molecule has 0 aliphatic heterocycles. The van der Waals surface area contributed by atoms with E-state index in [-0.39, 0.29) is 0 Å². The summed E-state index contributed by atoms with van der Waals surface area (Å²) in [6.45, 7) is 0.841. The van der Waals surface area contributed by atoms with Gasteiger partial charge in [-0.3, -0.25) is 4.79 Å². The fraction of sp³-hybridized carbons (Fsp3) is 0.214. The van der Waals surface area contributed by atoms with Gasteiger partial charge < -0.3 is 9.32 Å². The molecule has 3 heteroatoms. The molecule has 0 radical (unpaired) electrons. The fourth-order valence-electron chi connectivity index (χ4n) is 1.80. The minimum absolute atomic E-state index is 0.361. The summed E-state index contributed by atoms with van der Waals surface area (Å²) >= 11 is 0. The average Bonchev–Trinajstić information content (AvgIpc) is 2.77. The molecule has 0 aliphatic carbocycles. The molecule has 0 bridgehead atoms. The Balaban J connectivity index is 2.40. The van der Waals surface area contributed by atoms with E-state index in [0.717, 1.165) is 24.2 Å². The van der Waals surface area contributed by atoms with E-state index in [1.54, 1.807) is 6.07 Å². The molecule has 0 spiro atoms. The molecule has 0 unspecified atom stereocenters. The number of nitrogens with zero attached hydrogens (tertiary/aromatic N) is 1. The summed E-state index contributed by atoms with van der Waals surface area (Å²) in [5, 5.41) is 0. The summed E-state index contributed by atoms with van der Waals surface area (Å²) in [4.78, 5) is 12.7. The van der Waals surface area contributed by atoms with Crippen molar-refractivity contribution < 1.29 is 9.21 Å². The summed E-state index contributed by atoms with van der Waals surface area (Å²) < 4.78 is 5.45. The van der Waals surface area contributed by atoms with E-state index in [4.69, 9.17) is 4.42 Å². The van der Waals surface area contributed by atoms with Crippen LogP contribution in [0, 0.1) is 0 Å². The molecule has 0 aliphatic rings. The molecule has 17 heavy (non-hydrogen) atoms. The van der Waals surface area contributed by atoms with Crippen molar-refractivity contribution in [3.05, 3.63) is 47.7 Å². The molecule has 0 saturated carbocycles. The Morgan fingerprint density at radius 2 is 1.94 bits per heavy atom. The van der Waals surface area contributed by atoms with Gasteiger partial charge >= 0.3 is 0 Å². The standard InChI is InChI=1S/C14H15NO2/c1-15(2)9-11-5-3-4-6-13(11)14-8-7-12(10-16)17-14/h3-8,10H,9H2,1-2H3. The molecule has 0 atom stereocenters. The molecule has 0 amide bonds. The second kappa shape index (κ2) is 4.97. The lowest BCUT2D eigenvalue weighted by Crippen LogP contribution is -2.11. The van der Waals surface area contributed by atoms with Crippen molar-refractivity contribution in [2.45, 2.75) is 6.54 Å². The summed E-state index contributed by atoms with van der Waals surface area (Å²) in [6, 6.07) is 11.6. The zero-order chi connectivity index (χ0) is 12.3. The van der Waals surface area contributed by atoms with E-state index < -0.39 is 0 Å². The third-order valence-electron chi connectivity index (χ3n) is 2.51. The van der Waals surface area contributed by atoms with Crippen molar-refractivity contribution in [1.29, 1.82) is 0 Å². The van der Waals surface area contributed by atoms with Gasteiger partial charge in [-0.25, -0.2) is 0 Å². The monoisotopic (exact) mass is 229 g/mol. The van der Waals surface area contributed by atoms with Crippen LogP contribution in [0.1, 0.15) is 16.1 Å². The normalized spacial score (nSPS) is 10.8. The summed E-state index contributed by atoms with van der Waals surface area (Å²) in [5.74, 6) is 1.10. The maximum Gasteiger partial charge on any atom is 0.185 e. The minimum atomic E-state index is 0.361. The van der Waals surface area contributed by atoms with Gasteiger partial charge in [0.05, 0.1) is 0 Å². The van der Waals surface area contributed by atoms with Crippen LogP contribution < -0.4 is 0 Å². The van der Waals surface area contributed by atoms with Crippen LogP contribution in [0.15, 0.2) is 40.8 Å². The fourth-order valence-corrected chi connectivity index (χ4v) is 1.80. The van der Waals surface area contributed by atoms with Crippen molar-refractivity contribution in [3.63, 3.8) is 0 Å². The predicted molar refractivity (Wildman–Crippen MR) is 66.9 cm³/mol. The number of furan rings is 1. The topological polar surface area (TPSA) is 33.5 Å². The first-order valence-corrected chi connectivity index (χ1v) is 5.48. The summed E-state index contributed by atoms with van der Waals surface area (Å²) in [7, 11) is 4.05. The molecule has 0 fully saturated rings. The molecule has 1 aromatic heterocycles. The van der Waals surface area contributed by atoms with E-state index in [9.17, 15) is 4.79 Å². The van der Waals surface area contributed by atoms with Crippen molar-refractivity contribution in [2.24, 2.45) is 0 Å². The van der Waals surface area contributed by atoms with Crippen LogP contribution >= 0.6 is 0 Å². The maximum absolute atomic E-state index is 10.6. The van der Waals surface area contributed by atoms with E-state index in [1.807, 2.05) is 38.4 Å². The van der Waals surface area contributed by atoms with Gasteiger partial charge in [0, 0.05) is 12.1 Å². The Bertz CT molecular complexity index is 514. The number of rotatable bonds is 4. The lowest BCUT2D eigenvalue weighted by Gasteiger charge is -2.12. The summed E-state index contributed by atoms with van der Waals surface area (Å²) in [6.07, 6.45) is 0.720. The first kappa shape index (κ1) is 11.6. The quantitative estimate of drug-likeness (QED) is 0.756. The Labute approximate surface area is 101 Å². The highest BCUT2D eigenvalue weighted by atomic mass is 16.3. The van der Waals surface area contributed by atoms with Crippen LogP contribution in [0.3, 0.4) is 0 Å². The third-order valence-corrected chi connectivity index (χ3v) is 2.51. The summed E-state index contributed by atoms with van der Waals surface area (Å²) in [5.41, 5.74) is 2.22. The zero-order valence-corrected chi connectivity index (χ0v) is 10.0. The molecule has 1 heterocycles. The van der Waals surface area contributed by atoms with Gasteiger partial charge in [-0.1, -0.05) is 24.3 Å². The first-order chi connectivity index (χ1) is 8.20. The van der Waals surface area contributed by atoms with Crippen molar-refractivity contribution in [1.82, 2.24) is 4.90 Å². The Kier molecular flexibility index (Phi) is 3.40. The van der Waals surface area contributed by atoms with E-state index >= 15 is 0 Å².